The molecule has 1 saturated carbocycles. The highest BCUT2D eigenvalue weighted by atomic mass is 16.3. The van der Waals surface area contributed by atoms with E-state index in [0.29, 0.717) is 12.0 Å². The summed E-state index contributed by atoms with van der Waals surface area (Å²) in [7, 11) is 0. The first-order chi connectivity index (χ1) is 9.17. The van der Waals surface area contributed by atoms with Gasteiger partial charge in [-0.3, -0.25) is 9.69 Å². The summed E-state index contributed by atoms with van der Waals surface area (Å²) in [6.07, 6.45) is 4.69. The van der Waals surface area contributed by atoms with Gasteiger partial charge in [-0.05, 0) is 31.6 Å². The molecule has 1 aliphatic carbocycles. The second-order valence-electron chi connectivity index (χ2n) is 5.99. The van der Waals surface area contributed by atoms with Crippen LogP contribution in [-0.4, -0.2) is 60.8 Å². The second kappa shape index (κ2) is 7.22. The Kier molecular flexibility index (Phi) is 5.60. The zero-order valence-electron chi connectivity index (χ0n) is 11.9. The molecule has 0 bridgehead atoms. The summed E-state index contributed by atoms with van der Waals surface area (Å²) in [5.41, 5.74) is 0. The van der Waals surface area contributed by atoms with Crippen molar-refractivity contribution in [2.24, 2.45) is 5.92 Å². The Morgan fingerprint density at radius 3 is 2.74 bits per heavy atom. The van der Waals surface area contributed by atoms with Gasteiger partial charge in [0.05, 0.1) is 0 Å². The quantitative estimate of drug-likeness (QED) is 0.606. The van der Waals surface area contributed by atoms with Gasteiger partial charge in [-0.2, -0.15) is 0 Å². The molecule has 0 aromatic heterocycles. The van der Waals surface area contributed by atoms with Crippen molar-refractivity contribution < 1.29 is 9.90 Å². The van der Waals surface area contributed by atoms with E-state index >= 15 is 0 Å². The largest absolute Gasteiger partial charge is 0.396 e. The van der Waals surface area contributed by atoms with E-state index in [4.69, 9.17) is 5.11 Å². The number of amides is 1. The number of nitrogens with one attached hydrogen (secondary N) is 2. The first-order valence-electron chi connectivity index (χ1n) is 7.51. The third-order valence-electron chi connectivity index (χ3n) is 4.00. The predicted molar refractivity (Wildman–Crippen MR) is 74.9 cm³/mol. The molecule has 2 rings (SSSR count). The maximum atomic E-state index is 10.9. The Labute approximate surface area is 115 Å². The minimum Gasteiger partial charge on any atom is -0.396 e. The Balaban J connectivity index is 1.76. The van der Waals surface area contributed by atoms with Crippen LogP contribution in [-0.2, 0) is 4.79 Å². The molecule has 2 aliphatic rings. The Morgan fingerprint density at radius 2 is 2.11 bits per heavy atom. The molecule has 19 heavy (non-hydrogen) atoms. The first kappa shape index (κ1) is 14.8. The van der Waals surface area contributed by atoms with Gasteiger partial charge >= 0.3 is 0 Å². The molecule has 0 aromatic rings. The lowest BCUT2D eigenvalue weighted by Crippen LogP contribution is -2.51. The van der Waals surface area contributed by atoms with Crippen LogP contribution in [0, 0.1) is 5.92 Å². The number of carbonyl (C=O) groups excluding carboxylic acids is 1. The molecule has 110 valence electrons. The molecule has 2 unspecified atom stereocenters. The molecule has 0 radical (unpaired) electrons. The molecule has 0 spiro atoms. The van der Waals surface area contributed by atoms with Crippen molar-refractivity contribution in [2.45, 2.75) is 44.7 Å². The fourth-order valence-electron chi connectivity index (χ4n) is 2.97. The SMILES string of the molecule is CC(=O)NCCN1CC(CCO)CC(NC2CC2)C1. The van der Waals surface area contributed by atoms with Crippen molar-refractivity contribution in [3.8, 4) is 0 Å². The molecular weight excluding hydrogens is 242 g/mol. The molecule has 1 amide bonds. The topological polar surface area (TPSA) is 64.6 Å². The summed E-state index contributed by atoms with van der Waals surface area (Å²) < 4.78 is 0. The normalized spacial score (nSPS) is 28.3. The van der Waals surface area contributed by atoms with Gasteiger partial charge in [0.1, 0.15) is 0 Å². The van der Waals surface area contributed by atoms with Crippen LogP contribution >= 0.6 is 0 Å². The lowest BCUT2D eigenvalue weighted by Gasteiger charge is -2.38. The van der Waals surface area contributed by atoms with Gasteiger partial charge in [0.25, 0.3) is 0 Å². The number of aliphatic hydroxyl groups is 1. The number of hydrogen-bond acceptors (Lipinski definition) is 4. The number of nitrogens with zero attached hydrogens (tertiary/aromatic N) is 1. The number of piperidine rings is 1. The fourth-order valence-corrected chi connectivity index (χ4v) is 2.97. The van der Waals surface area contributed by atoms with E-state index in [1.165, 1.54) is 19.3 Å². The molecule has 1 aliphatic heterocycles. The molecule has 0 aromatic carbocycles. The van der Waals surface area contributed by atoms with E-state index in [9.17, 15) is 4.79 Å². The summed E-state index contributed by atoms with van der Waals surface area (Å²) in [6.45, 7) is 5.57. The average molecular weight is 269 g/mol. The highest BCUT2D eigenvalue weighted by Gasteiger charge is 2.31. The van der Waals surface area contributed by atoms with Gasteiger partial charge in [0.15, 0.2) is 0 Å². The van der Waals surface area contributed by atoms with Crippen LogP contribution in [0.15, 0.2) is 0 Å². The Hall–Kier alpha value is -0.650. The molecule has 1 heterocycles. The summed E-state index contributed by atoms with van der Waals surface area (Å²) in [5.74, 6) is 0.615. The minimum absolute atomic E-state index is 0.0385. The van der Waals surface area contributed by atoms with Gasteiger partial charge in [0.2, 0.25) is 5.91 Å². The van der Waals surface area contributed by atoms with E-state index in [0.717, 1.165) is 38.6 Å². The predicted octanol–water partition coefficient (Wildman–Crippen LogP) is -0.0526. The molecule has 3 N–H and O–H groups in total. The van der Waals surface area contributed by atoms with Crippen LogP contribution in [0.1, 0.15) is 32.6 Å². The Bertz CT molecular complexity index is 294. The first-order valence-corrected chi connectivity index (χ1v) is 7.51. The maximum absolute atomic E-state index is 10.9. The maximum Gasteiger partial charge on any atom is 0.216 e. The second-order valence-corrected chi connectivity index (χ2v) is 5.99. The Morgan fingerprint density at radius 1 is 1.32 bits per heavy atom. The van der Waals surface area contributed by atoms with E-state index < -0.39 is 0 Å². The zero-order chi connectivity index (χ0) is 13.7. The number of likely N-dealkylation sites (tertiary alicyclic amines) is 1. The number of aliphatic hydroxyl groups excluding tert-OH is 1. The van der Waals surface area contributed by atoms with Gasteiger partial charge in [-0.1, -0.05) is 0 Å². The smallest absolute Gasteiger partial charge is 0.216 e. The molecule has 1 saturated heterocycles. The summed E-state index contributed by atoms with van der Waals surface area (Å²) >= 11 is 0. The van der Waals surface area contributed by atoms with Crippen LogP contribution in [0.25, 0.3) is 0 Å². The average Bonchev–Trinajstić information content (AvgIpc) is 3.12. The van der Waals surface area contributed by atoms with Crippen LogP contribution in [0.5, 0.6) is 0 Å². The van der Waals surface area contributed by atoms with E-state index in [2.05, 4.69) is 15.5 Å². The summed E-state index contributed by atoms with van der Waals surface area (Å²) in [6, 6.07) is 1.28. The monoisotopic (exact) mass is 269 g/mol. The van der Waals surface area contributed by atoms with Gasteiger partial charge < -0.3 is 15.7 Å². The van der Waals surface area contributed by atoms with Crippen molar-refractivity contribution in [1.29, 1.82) is 0 Å². The van der Waals surface area contributed by atoms with E-state index in [1.807, 2.05) is 0 Å². The van der Waals surface area contributed by atoms with E-state index in [-0.39, 0.29) is 12.5 Å². The molecular formula is C14H27N3O2. The summed E-state index contributed by atoms with van der Waals surface area (Å²) in [4.78, 5) is 13.3. The van der Waals surface area contributed by atoms with Gasteiger partial charge in [-0.15, -0.1) is 0 Å². The molecule has 2 fully saturated rings. The number of carbonyl (C=O) groups is 1. The van der Waals surface area contributed by atoms with Crippen molar-refractivity contribution in [2.75, 3.05) is 32.8 Å². The zero-order valence-corrected chi connectivity index (χ0v) is 11.9. The van der Waals surface area contributed by atoms with Gasteiger partial charge in [0, 0.05) is 51.8 Å². The van der Waals surface area contributed by atoms with Crippen molar-refractivity contribution in [3.05, 3.63) is 0 Å². The molecule has 2 atom stereocenters. The number of hydrogen-bond donors (Lipinski definition) is 3. The fraction of sp³-hybridized carbons (Fsp3) is 0.929. The van der Waals surface area contributed by atoms with E-state index in [1.54, 1.807) is 6.92 Å². The third kappa shape index (κ3) is 5.47. The van der Waals surface area contributed by atoms with Crippen molar-refractivity contribution >= 4 is 5.91 Å². The van der Waals surface area contributed by atoms with Crippen LogP contribution in [0.3, 0.4) is 0 Å². The van der Waals surface area contributed by atoms with Crippen LogP contribution in [0.4, 0.5) is 0 Å². The molecule has 5 nitrogen and oxygen atoms in total. The lowest BCUT2D eigenvalue weighted by atomic mass is 9.91. The lowest BCUT2D eigenvalue weighted by molar-refractivity contribution is -0.119. The van der Waals surface area contributed by atoms with Crippen LogP contribution in [0.2, 0.25) is 0 Å². The standard InChI is InChI=1S/C14H27N3O2/c1-11(19)15-5-6-17-9-12(4-7-18)8-14(10-17)16-13-2-3-13/h12-14,16,18H,2-10H2,1H3,(H,15,19). The number of rotatable bonds is 7. The van der Waals surface area contributed by atoms with Crippen molar-refractivity contribution in [3.63, 3.8) is 0 Å². The van der Waals surface area contributed by atoms with Crippen LogP contribution < -0.4 is 10.6 Å². The highest BCUT2D eigenvalue weighted by molar-refractivity contribution is 5.72. The van der Waals surface area contributed by atoms with Crippen molar-refractivity contribution in [1.82, 2.24) is 15.5 Å². The highest BCUT2D eigenvalue weighted by Crippen LogP contribution is 2.25. The minimum atomic E-state index is 0.0385. The molecule has 5 heteroatoms. The third-order valence-corrected chi connectivity index (χ3v) is 4.00. The van der Waals surface area contributed by atoms with Gasteiger partial charge in [-0.25, -0.2) is 0 Å². The summed E-state index contributed by atoms with van der Waals surface area (Å²) in [5, 5.41) is 15.7.